The molecule has 6 heteroatoms. The van der Waals surface area contributed by atoms with Gasteiger partial charge in [0.25, 0.3) is 5.91 Å². The molecule has 5 nitrogen and oxygen atoms in total. The Bertz CT molecular complexity index is 645. The average Bonchev–Trinajstić information content (AvgIpc) is 2.47. The van der Waals surface area contributed by atoms with Crippen molar-refractivity contribution in [3.8, 4) is 5.75 Å². The summed E-state index contributed by atoms with van der Waals surface area (Å²) in [4.78, 5) is 15.7. The first-order valence-electron chi connectivity index (χ1n) is 6.27. The van der Waals surface area contributed by atoms with Crippen molar-refractivity contribution >= 4 is 28.1 Å². The van der Waals surface area contributed by atoms with Crippen LogP contribution < -0.4 is 10.2 Å². The van der Waals surface area contributed by atoms with Crippen molar-refractivity contribution in [2.45, 2.75) is 6.92 Å². The number of aromatic nitrogens is 1. The fraction of sp³-hybridized carbons (Fsp3) is 0.133. The third kappa shape index (κ3) is 5.00. The van der Waals surface area contributed by atoms with E-state index < -0.39 is 0 Å². The van der Waals surface area contributed by atoms with Gasteiger partial charge in [-0.1, -0.05) is 12.1 Å². The van der Waals surface area contributed by atoms with Crippen LogP contribution in [0.2, 0.25) is 0 Å². The van der Waals surface area contributed by atoms with E-state index >= 15 is 0 Å². The van der Waals surface area contributed by atoms with Crippen LogP contribution in [0.4, 0.5) is 0 Å². The van der Waals surface area contributed by atoms with Gasteiger partial charge in [-0.3, -0.25) is 9.78 Å². The van der Waals surface area contributed by atoms with E-state index in [0.29, 0.717) is 11.4 Å². The summed E-state index contributed by atoms with van der Waals surface area (Å²) in [6.07, 6.45) is 3.13. The van der Waals surface area contributed by atoms with Gasteiger partial charge in [0.1, 0.15) is 5.75 Å². The number of nitrogens with zero attached hydrogens (tertiary/aromatic N) is 2. The molecule has 1 aromatic carbocycles. The molecule has 0 unspecified atom stereocenters. The third-order valence-corrected chi connectivity index (χ3v) is 3.14. The van der Waals surface area contributed by atoms with Gasteiger partial charge in [-0.25, -0.2) is 5.43 Å². The number of ether oxygens (including phenoxy) is 1. The highest BCUT2D eigenvalue weighted by Crippen LogP contribution is 2.25. The fourth-order valence-electron chi connectivity index (χ4n) is 1.52. The van der Waals surface area contributed by atoms with Crippen molar-refractivity contribution in [3.63, 3.8) is 0 Å². The molecule has 1 heterocycles. The minimum absolute atomic E-state index is 0.110. The molecule has 0 saturated heterocycles. The zero-order valence-corrected chi connectivity index (χ0v) is 13.0. The molecule has 0 radical (unpaired) electrons. The molecule has 0 saturated carbocycles. The minimum Gasteiger partial charge on any atom is -0.483 e. The van der Waals surface area contributed by atoms with Gasteiger partial charge in [-0.2, -0.15) is 5.10 Å². The largest absolute Gasteiger partial charge is 0.483 e. The zero-order chi connectivity index (χ0) is 15.1. The maximum atomic E-state index is 11.6. The first-order chi connectivity index (χ1) is 10.1. The van der Waals surface area contributed by atoms with E-state index in [4.69, 9.17) is 4.74 Å². The third-order valence-electron chi connectivity index (χ3n) is 2.52. The molecule has 0 atom stereocenters. The quantitative estimate of drug-likeness (QED) is 0.668. The lowest BCUT2D eigenvalue weighted by Crippen LogP contribution is -2.24. The molecule has 0 fully saturated rings. The molecule has 1 amide bonds. The molecular weight excluding hydrogens is 334 g/mol. The van der Waals surface area contributed by atoms with Gasteiger partial charge >= 0.3 is 0 Å². The summed E-state index contributed by atoms with van der Waals surface area (Å²) in [5.41, 5.74) is 4.16. The molecule has 0 aliphatic carbocycles. The Kier molecular flexibility index (Phi) is 5.45. The first-order valence-corrected chi connectivity index (χ1v) is 7.06. The van der Waals surface area contributed by atoms with Crippen molar-refractivity contribution in [2.75, 3.05) is 6.61 Å². The molecular formula is C15H14BrN3O2. The predicted molar refractivity (Wildman–Crippen MR) is 84.3 cm³/mol. The minimum atomic E-state index is -0.338. The molecule has 0 spiro atoms. The number of carbonyl (C=O) groups is 1. The SMILES string of the molecule is Cc1ccc(OCC(=O)NN=Cc2ccccn2)c(Br)c1. The molecule has 108 valence electrons. The smallest absolute Gasteiger partial charge is 0.277 e. The van der Waals surface area contributed by atoms with Crippen LogP contribution in [0, 0.1) is 6.92 Å². The Hall–Kier alpha value is -2.21. The van der Waals surface area contributed by atoms with Crippen LogP contribution >= 0.6 is 15.9 Å². The number of pyridine rings is 1. The van der Waals surface area contributed by atoms with Crippen LogP contribution in [0.5, 0.6) is 5.75 Å². The van der Waals surface area contributed by atoms with E-state index in [1.807, 2.05) is 37.3 Å². The number of hydrazone groups is 1. The molecule has 0 aliphatic heterocycles. The lowest BCUT2D eigenvalue weighted by atomic mass is 10.2. The lowest BCUT2D eigenvalue weighted by Gasteiger charge is -2.07. The van der Waals surface area contributed by atoms with Gasteiger partial charge < -0.3 is 4.74 Å². The predicted octanol–water partition coefficient (Wildman–Crippen LogP) is 2.68. The number of carbonyl (C=O) groups excluding carboxylic acids is 1. The fourth-order valence-corrected chi connectivity index (χ4v) is 2.13. The van der Waals surface area contributed by atoms with Crippen LogP contribution in [-0.2, 0) is 4.79 Å². The maximum absolute atomic E-state index is 11.6. The Morgan fingerprint density at radius 2 is 2.29 bits per heavy atom. The Balaban J connectivity index is 1.81. The van der Waals surface area contributed by atoms with Gasteiger partial charge in [-0.05, 0) is 52.7 Å². The Morgan fingerprint density at radius 1 is 1.43 bits per heavy atom. The van der Waals surface area contributed by atoms with Crippen molar-refractivity contribution in [1.29, 1.82) is 0 Å². The maximum Gasteiger partial charge on any atom is 0.277 e. The van der Waals surface area contributed by atoms with Gasteiger partial charge in [0.05, 0.1) is 16.4 Å². The average molecular weight is 348 g/mol. The number of nitrogens with one attached hydrogen (secondary N) is 1. The molecule has 2 rings (SSSR count). The zero-order valence-electron chi connectivity index (χ0n) is 11.4. The van der Waals surface area contributed by atoms with Crippen molar-refractivity contribution in [1.82, 2.24) is 10.4 Å². The molecule has 21 heavy (non-hydrogen) atoms. The van der Waals surface area contributed by atoms with E-state index in [-0.39, 0.29) is 12.5 Å². The summed E-state index contributed by atoms with van der Waals surface area (Å²) in [5, 5.41) is 3.81. The van der Waals surface area contributed by atoms with Crippen LogP contribution in [0.25, 0.3) is 0 Å². The number of halogens is 1. The van der Waals surface area contributed by atoms with Gasteiger partial charge in [0.2, 0.25) is 0 Å². The lowest BCUT2D eigenvalue weighted by molar-refractivity contribution is -0.123. The summed E-state index contributed by atoms with van der Waals surface area (Å²) in [6.45, 7) is 1.87. The normalized spacial score (nSPS) is 10.6. The van der Waals surface area contributed by atoms with E-state index in [0.717, 1.165) is 10.0 Å². The topological polar surface area (TPSA) is 63.6 Å². The van der Waals surface area contributed by atoms with Gasteiger partial charge in [0, 0.05) is 6.20 Å². The van der Waals surface area contributed by atoms with E-state index in [9.17, 15) is 4.79 Å². The van der Waals surface area contributed by atoms with Crippen LogP contribution in [0.1, 0.15) is 11.3 Å². The molecule has 0 bridgehead atoms. The van der Waals surface area contributed by atoms with E-state index in [1.165, 1.54) is 6.21 Å². The number of amides is 1. The van der Waals surface area contributed by atoms with E-state index in [1.54, 1.807) is 12.3 Å². The molecule has 2 aromatic rings. The van der Waals surface area contributed by atoms with Crippen LogP contribution in [0.15, 0.2) is 52.2 Å². The second-order valence-electron chi connectivity index (χ2n) is 4.27. The molecule has 0 aliphatic rings. The first kappa shape index (κ1) is 15.2. The molecule has 1 aromatic heterocycles. The summed E-state index contributed by atoms with van der Waals surface area (Å²) in [6, 6.07) is 11.1. The van der Waals surface area contributed by atoms with Gasteiger partial charge in [-0.15, -0.1) is 0 Å². The second kappa shape index (κ2) is 7.54. The summed E-state index contributed by atoms with van der Waals surface area (Å²) in [7, 11) is 0. The summed E-state index contributed by atoms with van der Waals surface area (Å²) >= 11 is 3.39. The Morgan fingerprint density at radius 3 is 3.00 bits per heavy atom. The van der Waals surface area contributed by atoms with Crippen molar-refractivity contribution in [2.24, 2.45) is 5.10 Å². The monoisotopic (exact) mass is 347 g/mol. The number of benzene rings is 1. The molecule has 1 N–H and O–H groups in total. The summed E-state index contributed by atoms with van der Waals surface area (Å²) in [5.74, 6) is 0.277. The van der Waals surface area contributed by atoms with Crippen molar-refractivity contribution < 1.29 is 9.53 Å². The van der Waals surface area contributed by atoms with Crippen molar-refractivity contribution in [3.05, 3.63) is 58.3 Å². The van der Waals surface area contributed by atoms with E-state index in [2.05, 4.69) is 31.4 Å². The number of hydrogen-bond acceptors (Lipinski definition) is 4. The number of rotatable bonds is 5. The second-order valence-corrected chi connectivity index (χ2v) is 5.12. The Labute approximate surface area is 131 Å². The highest BCUT2D eigenvalue weighted by molar-refractivity contribution is 9.10. The number of hydrogen-bond donors (Lipinski definition) is 1. The number of aryl methyl sites for hydroxylation is 1. The highest BCUT2D eigenvalue weighted by Gasteiger charge is 2.04. The highest BCUT2D eigenvalue weighted by atomic mass is 79.9. The standard InChI is InChI=1S/C15H14BrN3O2/c1-11-5-6-14(13(16)8-11)21-10-15(20)19-18-9-12-4-2-3-7-17-12/h2-9H,10H2,1H3,(H,19,20). The van der Waals surface area contributed by atoms with Crippen LogP contribution in [0.3, 0.4) is 0 Å². The van der Waals surface area contributed by atoms with Crippen LogP contribution in [-0.4, -0.2) is 23.7 Å². The van der Waals surface area contributed by atoms with Gasteiger partial charge in [0.15, 0.2) is 6.61 Å². The summed E-state index contributed by atoms with van der Waals surface area (Å²) < 4.78 is 6.22.